The average Bonchev–Trinajstić information content (AvgIpc) is 3.10. The first-order valence-corrected chi connectivity index (χ1v) is 9.05. The Balaban J connectivity index is 1.98. The van der Waals surface area contributed by atoms with Crippen LogP contribution in [0.4, 0.5) is 0 Å². The maximum Gasteiger partial charge on any atom is 0.181 e. The quantitative estimate of drug-likeness (QED) is 0.664. The molecule has 0 saturated heterocycles. The van der Waals surface area contributed by atoms with Crippen LogP contribution in [0.3, 0.4) is 0 Å². The zero-order valence-corrected chi connectivity index (χ0v) is 16.1. The van der Waals surface area contributed by atoms with E-state index in [0.717, 1.165) is 29.2 Å². The summed E-state index contributed by atoms with van der Waals surface area (Å²) in [7, 11) is 5.76. The van der Waals surface area contributed by atoms with Crippen LogP contribution in [-0.4, -0.2) is 52.6 Å². The third-order valence-corrected chi connectivity index (χ3v) is 4.23. The number of hydrogen-bond donors (Lipinski definition) is 1. The van der Waals surface area contributed by atoms with E-state index in [1.54, 1.807) is 7.11 Å². The van der Waals surface area contributed by atoms with Gasteiger partial charge in [-0.3, -0.25) is 0 Å². The summed E-state index contributed by atoms with van der Waals surface area (Å²) in [6.07, 6.45) is 0.635. The van der Waals surface area contributed by atoms with Gasteiger partial charge in [0.2, 0.25) is 0 Å². The molecule has 0 radical (unpaired) electrons. The van der Waals surface area contributed by atoms with Crippen molar-refractivity contribution in [2.45, 2.75) is 19.5 Å². The molecule has 1 N–H and O–H groups in total. The first kappa shape index (κ1) is 19.1. The van der Waals surface area contributed by atoms with Crippen LogP contribution in [0.5, 0.6) is 5.75 Å². The molecule has 0 atom stereocenters. The third kappa shape index (κ3) is 4.72. The number of aryl methyl sites for hydroxylation is 1. The van der Waals surface area contributed by atoms with E-state index in [9.17, 15) is 5.11 Å². The number of ether oxygens (including phenoxy) is 1. The topological polar surface area (TPSA) is 63.4 Å². The molecule has 6 nitrogen and oxygen atoms in total. The Labute approximate surface area is 160 Å². The summed E-state index contributed by atoms with van der Waals surface area (Å²) in [5, 5.41) is 13.9. The monoisotopic (exact) mass is 366 g/mol. The molecule has 0 unspecified atom stereocenters. The van der Waals surface area contributed by atoms with E-state index in [0.29, 0.717) is 18.8 Å². The molecule has 2 aromatic carbocycles. The molecule has 3 rings (SSSR count). The van der Waals surface area contributed by atoms with Gasteiger partial charge in [-0.2, -0.15) is 5.10 Å². The second-order valence-corrected chi connectivity index (χ2v) is 6.73. The van der Waals surface area contributed by atoms with Gasteiger partial charge in [0.05, 0.1) is 7.11 Å². The Morgan fingerprint density at radius 1 is 1.07 bits per heavy atom. The molecule has 0 bridgehead atoms. The number of rotatable bonds is 8. The summed E-state index contributed by atoms with van der Waals surface area (Å²) in [6.45, 7) is 1.61. The van der Waals surface area contributed by atoms with Crippen LogP contribution in [0.1, 0.15) is 12.0 Å². The van der Waals surface area contributed by atoms with E-state index in [-0.39, 0.29) is 6.61 Å². The van der Waals surface area contributed by atoms with Gasteiger partial charge in [0, 0.05) is 30.8 Å². The van der Waals surface area contributed by atoms with Crippen LogP contribution in [0.2, 0.25) is 0 Å². The van der Waals surface area contributed by atoms with E-state index in [1.807, 2.05) is 35.0 Å². The molecule has 0 amide bonds. The van der Waals surface area contributed by atoms with E-state index in [1.165, 1.54) is 5.56 Å². The van der Waals surface area contributed by atoms with Gasteiger partial charge in [-0.15, -0.1) is 0 Å². The molecule has 142 valence electrons. The normalized spacial score (nSPS) is 11.1. The summed E-state index contributed by atoms with van der Waals surface area (Å²) >= 11 is 0. The molecule has 1 heterocycles. The number of hydrogen-bond acceptors (Lipinski definition) is 5. The van der Waals surface area contributed by atoms with Gasteiger partial charge in [0.25, 0.3) is 0 Å². The lowest BCUT2D eigenvalue weighted by Crippen LogP contribution is -2.10. The SMILES string of the molecule is COc1ccc(-c2nc(-c3cccc(CN(C)C)c3)n(CCCO)n2)cc1. The van der Waals surface area contributed by atoms with Crippen molar-refractivity contribution in [1.29, 1.82) is 0 Å². The molecule has 0 spiro atoms. The van der Waals surface area contributed by atoms with Crippen molar-refractivity contribution in [3.63, 3.8) is 0 Å². The highest BCUT2D eigenvalue weighted by atomic mass is 16.5. The largest absolute Gasteiger partial charge is 0.497 e. The minimum absolute atomic E-state index is 0.123. The molecule has 0 aliphatic rings. The summed E-state index contributed by atoms with van der Waals surface area (Å²) in [6, 6.07) is 16.1. The summed E-state index contributed by atoms with van der Waals surface area (Å²) in [5.74, 6) is 2.29. The third-order valence-electron chi connectivity index (χ3n) is 4.23. The number of benzene rings is 2. The molecule has 3 aromatic rings. The Morgan fingerprint density at radius 3 is 2.52 bits per heavy atom. The predicted octanol–water partition coefficient (Wildman–Crippen LogP) is 3.06. The molecular weight excluding hydrogens is 340 g/mol. The van der Waals surface area contributed by atoms with Crippen LogP contribution < -0.4 is 4.74 Å². The molecule has 0 fully saturated rings. The summed E-state index contributed by atoms with van der Waals surface area (Å²) in [4.78, 5) is 6.93. The van der Waals surface area contributed by atoms with Crippen LogP contribution in [-0.2, 0) is 13.1 Å². The van der Waals surface area contributed by atoms with Gasteiger partial charge >= 0.3 is 0 Å². The average molecular weight is 366 g/mol. The standard InChI is InChI=1S/C21H26N4O2/c1-24(2)15-16-6-4-7-18(14-16)21-22-20(23-25(21)12-5-13-26)17-8-10-19(27-3)11-9-17/h4,6-11,14,26H,5,12-13,15H2,1-3H3. The van der Waals surface area contributed by atoms with Crippen molar-refractivity contribution in [1.82, 2.24) is 19.7 Å². The molecule has 0 aliphatic heterocycles. The van der Waals surface area contributed by atoms with Crippen molar-refractivity contribution in [3.8, 4) is 28.5 Å². The summed E-state index contributed by atoms with van der Waals surface area (Å²) < 4.78 is 7.10. The molecule has 1 aromatic heterocycles. The van der Waals surface area contributed by atoms with E-state index < -0.39 is 0 Å². The number of nitrogens with zero attached hydrogens (tertiary/aromatic N) is 4. The Kier molecular flexibility index (Phi) is 6.21. The van der Waals surface area contributed by atoms with Crippen LogP contribution in [0.15, 0.2) is 48.5 Å². The van der Waals surface area contributed by atoms with Crippen molar-refractivity contribution in [2.75, 3.05) is 27.8 Å². The van der Waals surface area contributed by atoms with E-state index in [2.05, 4.69) is 42.3 Å². The number of aliphatic hydroxyl groups is 1. The Bertz CT molecular complexity index is 872. The van der Waals surface area contributed by atoms with Crippen molar-refractivity contribution >= 4 is 0 Å². The maximum absolute atomic E-state index is 9.23. The Morgan fingerprint density at radius 2 is 1.85 bits per heavy atom. The number of aliphatic hydroxyl groups excluding tert-OH is 1. The van der Waals surface area contributed by atoms with Gasteiger partial charge in [0.15, 0.2) is 11.6 Å². The number of methoxy groups -OCH3 is 1. The van der Waals surface area contributed by atoms with Gasteiger partial charge < -0.3 is 14.7 Å². The minimum Gasteiger partial charge on any atom is -0.497 e. The Hall–Kier alpha value is -2.70. The molecular formula is C21H26N4O2. The number of aromatic nitrogens is 3. The highest BCUT2D eigenvalue weighted by molar-refractivity contribution is 5.62. The minimum atomic E-state index is 0.123. The van der Waals surface area contributed by atoms with Gasteiger partial charge in [-0.25, -0.2) is 9.67 Å². The zero-order valence-electron chi connectivity index (χ0n) is 16.1. The maximum atomic E-state index is 9.23. The highest BCUT2D eigenvalue weighted by Gasteiger charge is 2.14. The van der Waals surface area contributed by atoms with E-state index in [4.69, 9.17) is 9.72 Å². The zero-order chi connectivity index (χ0) is 19.2. The van der Waals surface area contributed by atoms with Crippen molar-refractivity contribution in [2.24, 2.45) is 0 Å². The second kappa shape index (κ2) is 8.79. The fraction of sp³-hybridized carbons (Fsp3) is 0.333. The fourth-order valence-corrected chi connectivity index (χ4v) is 2.97. The van der Waals surface area contributed by atoms with E-state index >= 15 is 0 Å². The predicted molar refractivity (Wildman–Crippen MR) is 107 cm³/mol. The second-order valence-electron chi connectivity index (χ2n) is 6.73. The summed E-state index contributed by atoms with van der Waals surface area (Å²) in [5.41, 5.74) is 3.18. The molecule has 0 aliphatic carbocycles. The molecule has 6 heteroatoms. The van der Waals surface area contributed by atoms with Crippen LogP contribution in [0, 0.1) is 0 Å². The van der Waals surface area contributed by atoms with Crippen LogP contribution >= 0.6 is 0 Å². The molecule has 0 saturated carbocycles. The van der Waals surface area contributed by atoms with Crippen LogP contribution in [0.25, 0.3) is 22.8 Å². The fourth-order valence-electron chi connectivity index (χ4n) is 2.97. The van der Waals surface area contributed by atoms with Gasteiger partial charge in [-0.05, 0) is 56.4 Å². The highest BCUT2D eigenvalue weighted by Crippen LogP contribution is 2.25. The lowest BCUT2D eigenvalue weighted by molar-refractivity contribution is 0.277. The van der Waals surface area contributed by atoms with Gasteiger partial charge in [-0.1, -0.05) is 18.2 Å². The first-order valence-electron chi connectivity index (χ1n) is 9.05. The molecule has 27 heavy (non-hydrogen) atoms. The van der Waals surface area contributed by atoms with Crippen molar-refractivity contribution in [3.05, 3.63) is 54.1 Å². The van der Waals surface area contributed by atoms with Crippen molar-refractivity contribution < 1.29 is 9.84 Å². The van der Waals surface area contributed by atoms with Gasteiger partial charge in [0.1, 0.15) is 5.75 Å². The smallest absolute Gasteiger partial charge is 0.181 e. The lowest BCUT2D eigenvalue weighted by Gasteiger charge is -2.11. The lowest BCUT2D eigenvalue weighted by atomic mass is 10.1. The first-order chi connectivity index (χ1) is 13.1.